The van der Waals surface area contributed by atoms with Crippen LogP contribution in [0.4, 0.5) is 0 Å². The van der Waals surface area contributed by atoms with E-state index in [1.807, 2.05) is 13.8 Å². The molecule has 0 aliphatic rings. The number of hydrogen-bond donors (Lipinski definition) is 1. The van der Waals surface area contributed by atoms with E-state index in [1.165, 1.54) is 6.92 Å². The fourth-order valence-corrected chi connectivity index (χ4v) is 1.96. The van der Waals surface area contributed by atoms with Crippen LogP contribution in [-0.4, -0.2) is 41.0 Å². The van der Waals surface area contributed by atoms with Crippen LogP contribution in [0.1, 0.15) is 86.0 Å². The SMILES string of the molecule is CCC(=O)OC(CC)CC(C)=O.CCC(=O)OC(CC)CCCC(=O)O. The molecule has 0 amide bonds. The molecule has 0 fully saturated rings. The van der Waals surface area contributed by atoms with E-state index in [1.54, 1.807) is 13.8 Å². The maximum absolute atomic E-state index is 10.9. The van der Waals surface area contributed by atoms with E-state index in [0.29, 0.717) is 38.5 Å². The van der Waals surface area contributed by atoms with Crippen LogP contribution in [0.25, 0.3) is 0 Å². The van der Waals surface area contributed by atoms with Gasteiger partial charge in [-0.2, -0.15) is 0 Å². The minimum atomic E-state index is -0.804. The average Bonchev–Trinajstić information content (AvgIpc) is 2.59. The molecule has 0 aromatic rings. The fraction of sp³-hybridized carbons (Fsp3) is 0.789. The first-order valence-electron chi connectivity index (χ1n) is 9.30. The number of rotatable bonds is 12. The zero-order chi connectivity index (χ0) is 20.5. The van der Waals surface area contributed by atoms with Gasteiger partial charge in [0.15, 0.2) is 0 Å². The van der Waals surface area contributed by atoms with Crippen molar-refractivity contribution < 1.29 is 33.8 Å². The average molecular weight is 374 g/mol. The van der Waals surface area contributed by atoms with Crippen molar-refractivity contribution in [3.05, 3.63) is 0 Å². The minimum Gasteiger partial charge on any atom is -0.481 e. The monoisotopic (exact) mass is 374 g/mol. The van der Waals surface area contributed by atoms with Crippen molar-refractivity contribution in [1.29, 1.82) is 0 Å². The van der Waals surface area contributed by atoms with E-state index < -0.39 is 5.97 Å². The number of carboxylic acid groups (broad SMARTS) is 1. The number of carbonyl (C=O) groups is 4. The molecule has 0 saturated heterocycles. The largest absolute Gasteiger partial charge is 0.481 e. The summed E-state index contributed by atoms with van der Waals surface area (Å²) in [7, 11) is 0. The van der Waals surface area contributed by atoms with Crippen molar-refractivity contribution in [3.63, 3.8) is 0 Å². The van der Waals surface area contributed by atoms with Gasteiger partial charge in [-0.1, -0.05) is 27.7 Å². The van der Waals surface area contributed by atoms with Crippen molar-refractivity contribution in [2.24, 2.45) is 0 Å². The molecule has 0 spiro atoms. The highest BCUT2D eigenvalue weighted by molar-refractivity contribution is 5.76. The maximum atomic E-state index is 10.9. The smallest absolute Gasteiger partial charge is 0.305 e. The Kier molecular flexibility index (Phi) is 16.7. The third kappa shape index (κ3) is 16.9. The number of esters is 2. The number of carboxylic acids is 1. The highest BCUT2D eigenvalue weighted by atomic mass is 16.5. The van der Waals surface area contributed by atoms with Crippen molar-refractivity contribution in [2.45, 2.75) is 98.2 Å². The van der Waals surface area contributed by atoms with Crippen molar-refractivity contribution in [2.75, 3.05) is 0 Å². The predicted octanol–water partition coefficient (Wildman–Crippen LogP) is 3.67. The van der Waals surface area contributed by atoms with Crippen LogP contribution in [0, 0.1) is 0 Å². The number of hydrogen-bond acceptors (Lipinski definition) is 6. The third-order valence-electron chi connectivity index (χ3n) is 3.52. The summed E-state index contributed by atoms with van der Waals surface area (Å²) in [5.41, 5.74) is 0. The minimum absolute atomic E-state index is 0.0609. The molecule has 7 nitrogen and oxygen atoms in total. The van der Waals surface area contributed by atoms with Gasteiger partial charge in [0.1, 0.15) is 18.0 Å². The van der Waals surface area contributed by atoms with Gasteiger partial charge in [0.05, 0.1) is 0 Å². The van der Waals surface area contributed by atoms with Crippen LogP contribution in [0.15, 0.2) is 0 Å². The summed E-state index contributed by atoms with van der Waals surface area (Å²) in [4.78, 5) is 42.7. The van der Waals surface area contributed by atoms with Crippen molar-refractivity contribution in [1.82, 2.24) is 0 Å². The van der Waals surface area contributed by atoms with Gasteiger partial charge in [0.25, 0.3) is 0 Å². The summed E-state index contributed by atoms with van der Waals surface area (Å²) in [6.45, 7) is 8.81. The summed E-state index contributed by atoms with van der Waals surface area (Å²) in [6, 6.07) is 0. The second-order valence-corrected chi connectivity index (χ2v) is 5.94. The van der Waals surface area contributed by atoms with Crippen LogP contribution in [-0.2, 0) is 28.7 Å². The number of aliphatic carboxylic acids is 1. The number of Topliss-reactive ketones (excluding diaryl/α,β-unsaturated/α-hetero) is 1. The summed E-state index contributed by atoms with van der Waals surface area (Å²) in [5, 5.41) is 8.42. The Morgan fingerprint density at radius 3 is 1.65 bits per heavy atom. The molecule has 0 aliphatic heterocycles. The fourth-order valence-electron chi connectivity index (χ4n) is 1.96. The van der Waals surface area contributed by atoms with Crippen LogP contribution in [0.5, 0.6) is 0 Å². The summed E-state index contributed by atoms with van der Waals surface area (Å²) >= 11 is 0. The number of ether oxygens (including phenoxy) is 2. The molecule has 0 aromatic carbocycles. The lowest BCUT2D eigenvalue weighted by Crippen LogP contribution is -2.19. The first-order valence-corrected chi connectivity index (χ1v) is 9.30. The van der Waals surface area contributed by atoms with E-state index in [-0.39, 0.29) is 36.4 Å². The second kappa shape index (κ2) is 16.5. The topological polar surface area (TPSA) is 107 Å². The van der Waals surface area contributed by atoms with E-state index in [0.717, 1.165) is 6.42 Å². The first-order chi connectivity index (χ1) is 12.2. The molecule has 1 N–H and O–H groups in total. The quantitative estimate of drug-likeness (QED) is 0.519. The van der Waals surface area contributed by atoms with Gasteiger partial charge in [0.2, 0.25) is 0 Å². The van der Waals surface area contributed by atoms with E-state index in [4.69, 9.17) is 14.6 Å². The van der Waals surface area contributed by atoms with Crippen LogP contribution < -0.4 is 0 Å². The lowest BCUT2D eigenvalue weighted by Gasteiger charge is -2.14. The molecule has 152 valence electrons. The van der Waals surface area contributed by atoms with E-state index >= 15 is 0 Å². The Morgan fingerprint density at radius 2 is 1.31 bits per heavy atom. The molecule has 26 heavy (non-hydrogen) atoms. The summed E-state index contributed by atoms with van der Waals surface area (Å²) in [5.74, 6) is -1.19. The van der Waals surface area contributed by atoms with Crippen LogP contribution >= 0.6 is 0 Å². The number of ketones is 1. The standard InChI is InChI=1S/C10H18O4.C9H16O3/c1-3-8(14-10(13)4-2)6-5-7-9(11)12;1-4-8(6-7(3)10)12-9(11)5-2/h8H,3-7H2,1-2H3,(H,11,12);8H,4-6H2,1-3H3. The van der Waals surface area contributed by atoms with Gasteiger partial charge in [0, 0.05) is 25.7 Å². The molecular formula is C19H34O7. The van der Waals surface area contributed by atoms with Gasteiger partial charge in [-0.25, -0.2) is 0 Å². The number of carbonyl (C=O) groups excluding carboxylic acids is 3. The van der Waals surface area contributed by atoms with Crippen LogP contribution in [0.3, 0.4) is 0 Å². The molecule has 0 rings (SSSR count). The molecule has 0 aliphatic carbocycles. The Morgan fingerprint density at radius 1 is 0.846 bits per heavy atom. The maximum Gasteiger partial charge on any atom is 0.305 e. The normalized spacial score (nSPS) is 12.2. The Labute approximate surface area is 156 Å². The third-order valence-corrected chi connectivity index (χ3v) is 3.52. The highest BCUT2D eigenvalue weighted by Crippen LogP contribution is 2.09. The molecule has 0 heterocycles. The molecular weight excluding hydrogens is 340 g/mol. The lowest BCUT2D eigenvalue weighted by molar-refractivity contribution is -0.150. The van der Waals surface area contributed by atoms with Gasteiger partial charge in [-0.05, 0) is 32.6 Å². The molecule has 2 unspecified atom stereocenters. The molecule has 0 bridgehead atoms. The van der Waals surface area contributed by atoms with E-state index in [9.17, 15) is 19.2 Å². The van der Waals surface area contributed by atoms with Crippen molar-refractivity contribution >= 4 is 23.7 Å². The van der Waals surface area contributed by atoms with Gasteiger partial charge >= 0.3 is 17.9 Å². The lowest BCUT2D eigenvalue weighted by atomic mass is 10.1. The molecule has 0 aromatic heterocycles. The second-order valence-electron chi connectivity index (χ2n) is 5.94. The summed E-state index contributed by atoms with van der Waals surface area (Å²) < 4.78 is 10.1. The predicted molar refractivity (Wildman–Crippen MR) is 97.7 cm³/mol. The van der Waals surface area contributed by atoms with Crippen molar-refractivity contribution in [3.8, 4) is 0 Å². The molecule has 0 radical (unpaired) electrons. The highest BCUT2D eigenvalue weighted by Gasteiger charge is 2.13. The van der Waals surface area contributed by atoms with E-state index in [2.05, 4.69) is 0 Å². The van der Waals surface area contributed by atoms with Gasteiger partial charge in [-0.15, -0.1) is 0 Å². The summed E-state index contributed by atoms with van der Waals surface area (Å²) in [6.07, 6.45) is 3.50. The molecule has 0 saturated carbocycles. The Hall–Kier alpha value is -1.92. The Bertz CT molecular complexity index is 432. The van der Waals surface area contributed by atoms with Gasteiger partial charge in [-0.3, -0.25) is 19.2 Å². The zero-order valence-corrected chi connectivity index (χ0v) is 16.7. The molecule has 7 heteroatoms. The zero-order valence-electron chi connectivity index (χ0n) is 16.7. The first kappa shape index (κ1) is 26.3. The van der Waals surface area contributed by atoms with Crippen LogP contribution in [0.2, 0.25) is 0 Å². The van der Waals surface area contributed by atoms with Gasteiger partial charge < -0.3 is 14.6 Å². The Balaban J connectivity index is 0. The molecule has 2 atom stereocenters.